The predicted molar refractivity (Wildman–Crippen MR) is 79.7 cm³/mol. The zero-order valence-electron chi connectivity index (χ0n) is 10.5. The molecule has 0 amide bonds. The maximum atomic E-state index is 10.7. The molecule has 2 rings (SSSR count). The number of nitrogens with zero attached hydrogens (tertiary/aromatic N) is 1. The molecule has 0 radical (unpaired) electrons. The van der Waals surface area contributed by atoms with Gasteiger partial charge >= 0.3 is 5.97 Å². The molecule has 0 aliphatic rings. The van der Waals surface area contributed by atoms with E-state index < -0.39 is 5.97 Å². The maximum Gasteiger partial charge on any atom is 0.307 e. The van der Waals surface area contributed by atoms with E-state index in [9.17, 15) is 4.79 Å². The Labute approximate surface area is 121 Å². The third kappa shape index (κ3) is 3.61. The molecule has 0 fully saturated rings. The Morgan fingerprint density at radius 1 is 1.47 bits per heavy atom. The van der Waals surface area contributed by atoms with Crippen LogP contribution in [0, 0.1) is 5.92 Å². The number of carboxylic acids is 1. The summed E-state index contributed by atoms with van der Waals surface area (Å²) in [6.45, 7) is 1.70. The van der Waals surface area contributed by atoms with E-state index in [4.69, 9.17) is 16.7 Å². The van der Waals surface area contributed by atoms with Gasteiger partial charge < -0.3 is 5.11 Å². The van der Waals surface area contributed by atoms with E-state index >= 15 is 0 Å². The second-order valence-electron chi connectivity index (χ2n) is 4.39. The molecule has 1 heterocycles. The molecule has 3 nitrogen and oxygen atoms in total. The lowest BCUT2D eigenvalue weighted by atomic mass is 10.2. The van der Waals surface area contributed by atoms with Crippen LogP contribution in [0.15, 0.2) is 30.3 Å². The van der Waals surface area contributed by atoms with Crippen LogP contribution in [-0.2, 0) is 10.5 Å². The maximum absolute atomic E-state index is 10.7. The van der Waals surface area contributed by atoms with Crippen LogP contribution in [0.3, 0.4) is 0 Å². The minimum Gasteiger partial charge on any atom is -0.481 e. The van der Waals surface area contributed by atoms with Gasteiger partial charge in [0.1, 0.15) is 5.15 Å². The van der Waals surface area contributed by atoms with Crippen molar-refractivity contribution in [3.05, 3.63) is 41.0 Å². The number of halogens is 1. The van der Waals surface area contributed by atoms with Crippen LogP contribution in [0.25, 0.3) is 10.9 Å². The molecule has 0 bridgehead atoms. The van der Waals surface area contributed by atoms with Gasteiger partial charge in [-0.2, -0.15) is 11.8 Å². The molecule has 1 N–H and O–H groups in total. The van der Waals surface area contributed by atoms with Crippen molar-refractivity contribution in [2.45, 2.75) is 12.7 Å². The smallest absolute Gasteiger partial charge is 0.307 e. The average molecular weight is 296 g/mol. The molecule has 0 saturated carbocycles. The fourth-order valence-corrected chi connectivity index (χ4v) is 3.00. The second-order valence-corrected chi connectivity index (χ2v) is 5.77. The highest BCUT2D eigenvalue weighted by molar-refractivity contribution is 7.98. The lowest BCUT2D eigenvalue weighted by molar-refractivity contribution is -0.140. The number of hydrogen-bond acceptors (Lipinski definition) is 3. The molecule has 0 aliphatic carbocycles. The number of benzene rings is 1. The van der Waals surface area contributed by atoms with Gasteiger partial charge in [0, 0.05) is 22.5 Å². The van der Waals surface area contributed by atoms with Gasteiger partial charge in [-0.1, -0.05) is 36.7 Å². The molecule has 1 aromatic heterocycles. The van der Waals surface area contributed by atoms with E-state index in [1.54, 1.807) is 18.7 Å². The van der Waals surface area contributed by atoms with Gasteiger partial charge in [-0.15, -0.1) is 0 Å². The van der Waals surface area contributed by atoms with E-state index in [-0.39, 0.29) is 5.92 Å². The SMILES string of the molecule is CC(CSCc1cc2ccccc2nc1Cl)C(=O)O. The van der Waals surface area contributed by atoms with Gasteiger partial charge in [0.25, 0.3) is 0 Å². The van der Waals surface area contributed by atoms with Crippen molar-refractivity contribution in [1.29, 1.82) is 0 Å². The standard InChI is InChI=1S/C14H14ClNO2S/c1-9(14(17)18)7-19-8-11-6-10-4-2-3-5-12(10)16-13(11)15/h2-6,9H,7-8H2,1H3,(H,17,18). The van der Waals surface area contributed by atoms with E-state index in [0.29, 0.717) is 16.7 Å². The molecule has 1 unspecified atom stereocenters. The molecule has 0 spiro atoms. The summed E-state index contributed by atoms with van der Waals surface area (Å²) in [6.07, 6.45) is 0. The topological polar surface area (TPSA) is 50.2 Å². The number of aromatic nitrogens is 1. The minimum absolute atomic E-state index is 0.350. The first kappa shape index (κ1) is 14.2. The molecule has 100 valence electrons. The fraction of sp³-hybridized carbons (Fsp3) is 0.286. The zero-order valence-corrected chi connectivity index (χ0v) is 12.0. The first-order valence-corrected chi connectivity index (χ1v) is 7.46. The summed E-state index contributed by atoms with van der Waals surface area (Å²) in [6, 6.07) is 9.82. The third-order valence-electron chi connectivity index (χ3n) is 2.80. The van der Waals surface area contributed by atoms with Crippen molar-refractivity contribution in [1.82, 2.24) is 4.98 Å². The number of rotatable bonds is 5. The van der Waals surface area contributed by atoms with Gasteiger partial charge in [0.15, 0.2) is 0 Å². The van der Waals surface area contributed by atoms with E-state index in [2.05, 4.69) is 4.98 Å². The lowest BCUT2D eigenvalue weighted by Gasteiger charge is -2.08. The minimum atomic E-state index is -0.768. The first-order chi connectivity index (χ1) is 9.08. The summed E-state index contributed by atoms with van der Waals surface area (Å²) in [5, 5.41) is 10.4. The zero-order chi connectivity index (χ0) is 13.8. The Kier molecular flexibility index (Phi) is 4.66. The van der Waals surface area contributed by atoms with Gasteiger partial charge in [-0.25, -0.2) is 4.98 Å². The quantitative estimate of drug-likeness (QED) is 0.852. The average Bonchev–Trinajstić information content (AvgIpc) is 2.39. The van der Waals surface area contributed by atoms with Gasteiger partial charge in [0.2, 0.25) is 0 Å². The number of carboxylic acid groups (broad SMARTS) is 1. The molecular weight excluding hydrogens is 282 g/mol. The summed E-state index contributed by atoms with van der Waals surface area (Å²) in [7, 11) is 0. The number of hydrogen-bond donors (Lipinski definition) is 1. The largest absolute Gasteiger partial charge is 0.481 e. The van der Waals surface area contributed by atoms with Crippen LogP contribution in [0.2, 0.25) is 5.15 Å². The monoisotopic (exact) mass is 295 g/mol. The molecule has 5 heteroatoms. The van der Waals surface area contributed by atoms with Gasteiger partial charge in [-0.05, 0) is 12.1 Å². The second kappa shape index (κ2) is 6.26. The van der Waals surface area contributed by atoms with Gasteiger partial charge in [0.05, 0.1) is 11.4 Å². The highest BCUT2D eigenvalue weighted by Crippen LogP contribution is 2.25. The molecule has 19 heavy (non-hydrogen) atoms. The van der Waals surface area contributed by atoms with Crippen molar-refractivity contribution < 1.29 is 9.90 Å². The van der Waals surface area contributed by atoms with E-state index in [1.807, 2.05) is 30.3 Å². The van der Waals surface area contributed by atoms with Crippen molar-refractivity contribution in [2.75, 3.05) is 5.75 Å². The highest BCUT2D eigenvalue weighted by Gasteiger charge is 2.11. The van der Waals surface area contributed by atoms with Crippen molar-refractivity contribution in [3.63, 3.8) is 0 Å². The summed E-state index contributed by atoms with van der Waals surface area (Å²) in [5.74, 6) is 0.125. The number of thioether (sulfide) groups is 1. The third-order valence-corrected chi connectivity index (χ3v) is 4.38. The van der Waals surface area contributed by atoms with Crippen molar-refractivity contribution in [3.8, 4) is 0 Å². The Hall–Kier alpha value is -1.26. The number of para-hydroxylation sites is 1. The number of carbonyl (C=O) groups is 1. The first-order valence-electron chi connectivity index (χ1n) is 5.92. The molecule has 1 atom stereocenters. The molecular formula is C14H14ClNO2S. The number of fused-ring (bicyclic) bond motifs is 1. The Bertz CT molecular complexity index is 603. The Morgan fingerprint density at radius 2 is 2.21 bits per heavy atom. The normalized spacial score (nSPS) is 12.5. The van der Waals surface area contributed by atoms with E-state index in [0.717, 1.165) is 16.5 Å². The summed E-state index contributed by atoms with van der Waals surface area (Å²) in [5.41, 5.74) is 1.82. The highest BCUT2D eigenvalue weighted by atomic mass is 35.5. The fourth-order valence-electron chi connectivity index (χ4n) is 1.65. The van der Waals surface area contributed by atoms with Crippen LogP contribution in [0.1, 0.15) is 12.5 Å². The Morgan fingerprint density at radius 3 is 2.95 bits per heavy atom. The molecule has 2 aromatic rings. The van der Waals surface area contributed by atoms with Gasteiger partial charge in [-0.3, -0.25) is 4.79 Å². The summed E-state index contributed by atoms with van der Waals surface area (Å²) < 4.78 is 0. The van der Waals surface area contributed by atoms with Crippen LogP contribution < -0.4 is 0 Å². The van der Waals surface area contributed by atoms with Crippen molar-refractivity contribution in [2.24, 2.45) is 5.92 Å². The van der Waals surface area contributed by atoms with Crippen molar-refractivity contribution >= 4 is 40.2 Å². The van der Waals surface area contributed by atoms with Crippen LogP contribution in [0.5, 0.6) is 0 Å². The lowest BCUT2D eigenvalue weighted by Crippen LogP contribution is -2.11. The van der Waals surface area contributed by atoms with Crippen LogP contribution >= 0.6 is 23.4 Å². The van der Waals surface area contributed by atoms with E-state index in [1.165, 1.54) is 0 Å². The predicted octanol–water partition coefficient (Wildman–Crippen LogP) is 3.84. The molecule has 0 aliphatic heterocycles. The summed E-state index contributed by atoms with van der Waals surface area (Å²) >= 11 is 7.70. The van der Waals surface area contributed by atoms with Crippen LogP contribution in [-0.4, -0.2) is 21.8 Å². The Balaban J connectivity index is 2.08. The molecule has 0 saturated heterocycles. The van der Waals surface area contributed by atoms with Crippen LogP contribution in [0.4, 0.5) is 0 Å². The number of pyridine rings is 1. The number of aliphatic carboxylic acids is 1. The summed E-state index contributed by atoms with van der Waals surface area (Å²) in [4.78, 5) is 15.1. The molecule has 1 aromatic carbocycles.